The number of nitrogens with two attached hydrogens (primary N) is 1. The second-order valence-electron chi connectivity index (χ2n) is 9.31. The number of carboxylic acids is 1. The van der Waals surface area contributed by atoms with E-state index in [1.54, 1.807) is 23.6 Å². The number of para-hydroxylation sites is 1. The fourth-order valence-corrected chi connectivity index (χ4v) is 5.81. The highest BCUT2D eigenvalue weighted by molar-refractivity contribution is 7.89. The molecule has 14 nitrogen and oxygen atoms in total. The van der Waals surface area contributed by atoms with Gasteiger partial charge in [0.15, 0.2) is 5.03 Å². The molecule has 1 fully saturated rings. The molecule has 5 N–H and O–H groups in total. The number of amides is 1. The summed E-state index contributed by atoms with van der Waals surface area (Å²) < 4.78 is 29.4. The molecule has 0 spiro atoms. The van der Waals surface area contributed by atoms with Crippen molar-refractivity contribution in [1.29, 1.82) is 0 Å². The number of pyridine rings is 1. The van der Waals surface area contributed by atoms with E-state index < -0.39 is 45.0 Å². The van der Waals surface area contributed by atoms with Crippen LogP contribution in [0.25, 0.3) is 10.9 Å². The van der Waals surface area contributed by atoms with Crippen molar-refractivity contribution in [2.24, 2.45) is 16.6 Å². The maximum atomic E-state index is 13.6. The predicted octanol–water partition coefficient (Wildman–Crippen LogP) is 0.778. The highest BCUT2D eigenvalue weighted by Crippen LogP contribution is 2.26. The minimum absolute atomic E-state index is 0.0350. The molecule has 1 saturated heterocycles. The SMILES string of the molecule is Cc1cnc2c(S(=O)(=O)N[C@@H](CCCN=C(N)N[N+](=O)[O-])C(=O)N3CC[C@@H](C)CC3C(=O)O)cccc2c1. The molecular weight excluding hydrogens is 518 g/mol. The first-order valence-electron chi connectivity index (χ1n) is 12.0. The number of piperidine rings is 1. The Bertz CT molecular complexity index is 1350. The first-order chi connectivity index (χ1) is 17.9. The number of hydrogen-bond acceptors (Lipinski definition) is 8. The average molecular weight is 550 g/mol. The standard InChI is InChI=1S/C23H31N7O7S/c1-14-8-10-29(18(12-14)22(32)33)21(31)17(6-4-9-25-23(24)27-30(34)35)28-38(36,37)19-7-3-5-16-11-15(2)13-26-20(16)19/h3,5,7,11,13-14,17-18,28H,4,6,8-10,12H2,1-2H3,(H,32,33)(H3,24,25,27)/t14-,17+,18?/m1/s1. The lowest BCUT2D eigenvalue weighted by atomic mass is 9.91. The lowest BCUT2D eigenvalue weighted by Crippen LogP contribution is -2.56. The highest BCUT2D eigenvalue weighted by Gasteiger charge is 2.39. The van der Waals surface area contributed by atoms with Crippen LogP contribution in [0.15, 0.2) is 40.4 Å². The minimum atomic E-state index is -4.27. The Kier molecular flexibility index (Phi) is 9.17. The van der Waals surface area contributed by atoms with Gasteiger partial charge < -0.3 is 15.7 Å². The number of carbonyl (C=O) groups is 2. The van der Waals surface area contributed by atoms with Crippen LogP contribution in [0.3, 0.4) is 0 Å². The number of aliphatic carboxylic acids is 1. The normalized spacial score (nSPS) is 19.2. The maximum absolute atomic E-state index is 13.6. The molecule has 1 unspecified atom stereocenters. The van der Waals surface area contributed by atoms with Gasteiger partial charge >= 0.3 is 5.97 Å². The Hall–Kier alpha value is -3.85. The summed E-state index contributed by atoms with van der Waals surface area (Å²) in [6.45, 7) is 3.86. The number of aryl methyl sites for hydroxylation is 1. The van der Waals surface area contributed by atoms with E-state index in [4.69, 9.17) is 5.73 Å². The lowest BCUT2D eigenvalue weighted by Gasteiger charge is -2.38. The molecule has 1 amide bonds. The van der Waals surface area contributed by atoms with Crippen LogP contribution in [-0.4, -0.2) is 71.4 Å². The molecule has 206 valence electrons. The molecule has 2 aromatic rings. The van der Waals surface area contributed by atoms with Gasteiger partial charge in [-0.15, -0.1) is 0 Å². The summed E-state index contributed by atoms with van der Waals surface area (Å²) in [5.74, 6) is -2.18. The van der Waals surface area contributed by atoms with Crippen LogP contribution in [0.4, 0.5) is 0 Å². The molecule has 1 aliphatic rings. The number of sulfonamides is 1. The first-order valence-corrected chi connectivity index (χ1v) is 13.5. The number of aliphatic imine (C=N–C) groups is 1. The van der Waals surface area contributed by atoms with Crippen molar-refractivity contribution >= 4 is 38.8 Å². The second-order valence-corrected chi connectivity index (χ2v) is 11.0. The summed E-state index contributed by atoms with van der Waals surface area (Å²) in [6.07, 6.45) is 2.45. The third-order valence-corrected chi connectivity index (χ3v) is 7.77. The molecule has 38 heavy (non-hydrogen) atoms. The van der Waals surface area contributed by atoms with E-state index in [1.807, 2.05) is 13.8 Å². The first kappa shape index (κ1) is 28.7. The van der Waals surface area contributed by atoms with Crippen LogP contribution < -0.4 is 15.9 Å². The van der Waals surface area contributed by atoms with Crippen LogP contribution in [0.5, 0.6) is 0 Å². The smallest absolute Gasteiger partial charge is 0.326 e. The number of hydrogen-bond donors (Lipinski definition) is 4. The molecule has 0 saturated carbocycles. The Labute approximate surface area is 219 Å². The van der Waals surface area contributed by atoms with Gasteiger partial charge in [0.2, 0.25) is 15.9 Å². The number of hydrazine groups is 1. The van der Waals surface area contributed by atoms with Gasteiger partial charge in [0.05, 0.1) is 5.52 Å². The fraction of sp³-hybridized carbons (Fsp3) is 0.478. The Morgan fingerprint density at radius 2 is 2.13 bits per heavy atom. The van der Waals surface area contributed by atoms with E-state index >= 15 is 0 Å². The lowest BCUT2D eigenvalue weighted by molar-refractivity contribution is -0.525. The van der Waals surface area contributed by atoms with E-state index in [0.29, 0.717) is 11.8 Å². The molecular formula is C23H31N7O7S. The number of carboxylic acid groups (broad SMARTS) is 1. The van der Waals surface area contributed by atoms with E-state index in [-0.39, 0.29) is 48.7 Å². The van der Waals surface area contributed by atoms with Gasteiger partial charge in [-0.05, 0) is 56.2 Å². The van der Waals surface area contributed by atoms with E-state index in [0.717, 1.165) is 5.56 Å². The van der Waals surface area contributed by atoms with E-state index in [1.165, 1.54) is 17.2 Å². The maximum Gasteiger partial charge on any atom is 0.326 e. The van der Waals surface area contributed by atoms with Crippen molar-refractivity contribution in [1.82, 2.24) is 20.0 Å². The third-order valence-electron chi connectivity index (χ3n) is 6.27. The Morgan fingerprint density at radius 3 is 2.82 bits per heavy atom. The topological polar surface area (TPSA) is 210 Å². The largest absolute Gasteiger partial charge is 0.480 e. The molecule has 0 bridgehead atoms. The van der Waals surface area contributed by atoms with Crippen LogP contribution in [0.2, 0.25) is 0 Å². The third kappa shape index (κ3) is 7.13. The molecule has 3 atom stereocenters. The number of nitro groups is 1. The van der Waals surface area contributed by atoms with Crippen LogP contribution in [0.1, 0.15) is 38.2 Å². The highest BCUT2D eigenvalue weighted by atomic mass is 32.2. The number of guanidine groups is 1. The van der Waals surface area contributed by atoms with Gasteiger partial charge in [0.25, 0.3) is 5.96 Å². The van der Waals surface area contributed by atoms with Crippen LogP contribution in [-0.2, 0) is 19.6 Å². The number of nitrogens with zero attached hydrogens (tertiary/aromatic N) is 4. The molecule has 0 radical (unpaired) electrons. The average Bonchev–Trinajstić information content (AvgIpc) is 2.84. The summed E-state index contributed by atoms with van der Waals surface area (Å²) in [5.41, 5.74) is 8.19. The van der Waals surface area contributed by atoms with Crippen LogP contribution >= 0.6 is 0 Å². The number of fused-ring (bicyclic) bond motifs is 1. The summed E-state index contributed by atoms with van der Waals surface area (Å²) in [7, 11) is -4.27. The zero-order valence-electron chi connectivity index (χ0n) is 21.0. The van der Waals surface area contributed by atoms with Crippen molar-refractivity contribution in [3.8, 4) is 0 Å². The van der Waals surface area contributed by atoms with Gasteiger partial charge in [0.1, 0.15) is 17.0 Å². The summed E-state index contributed by atoms with van der Waals surface area (Å²) >= 11 is 0. The minimum Gasteiger partial charge on any atom is -0.480 e. The molecule has 15 heteroatoms. The Morgan fingerprint density at radius 1 is 1.39 bits per heavy atom. The monoisotopic (exact) mass is 549 g/mol. The fourth-order valence-electron chi connectivity index (χ4n) is 4.41. The van der Waals surface area contributed by atoms with E-state index in [9.17, 15) is 33.2 Å². The molecule has 1 aromatic carbocycles. The number of nitrogens with one attached hydrogen (secondary N) is 2. The molecule has 2 heterocycles. The van der Waals surface area contributed by atoms with Gasteiger partial charge in [-0.25, -0.2) is 28.3 Å². The van der Waals surface area contributed by atoms with Gasteiger partial charge in [-0.2, -0.15) is 4.72 Å². The zero-order valence-corrected chi connectivity index (χ0v) is 21.8. The van der Waals surface area contributed by atoms with E-state index in [2.05, 4.69) is 14.7 Å². The van der Waals surface area contributed by atoms with Crippen molar-refractivity contribution in [2.45, 2.75) is 56.5 Å². The molecule has 1 aromatic heterocycles. The molecule has 0 aliphatic carbocycles. The second kappa shape index (κ2) is 12.1. The number of likely N-dealkylation sites (tertiary alicyclic amines) is 1. The number of rotatable bonds is 10. The van der Waals surface area contributed by atoms with Gasteiger partial charge in [-0.3, -0.25) is 9.78 Å². The quantitative estimate of drug-likeness (QED) is 0.107. The number of benzene rings is 1. The zero-order chi connectivity index (χ0) is 28.0. The summed E-state index contributed by atoms with van der Waals surface area (Å²) in [4.78, 5) is 45.1. The van der Waals surface area contributed by atoms with Gasteiger partial charge in [-0.1, -0.05) is 24.5 Å². The molecule has 3 rings (SSSR count). The van der Waals surface area contributed by atoms with Gasteiger partial charge in [0, 0.05) is 24.7 Å². The summed E-state index contributed by atoms with van der Waals surface area (Å²) in [6, 6.07) is 4.07. The van der Waals surface area contributed by atoms with Crippen molar-refractivity contribution < 1.29 is 28.1 Å². The van der Waals surface area contributed by atoms with Crippen molar-refractivity contribution in [3.05, 3.63) is 46.1 Å². The Balaban J connectivity index is 1.89. The van der Waals surface area contributed by atoms with Crippen molar-refractivity contribution in [3.63, 3.8) is 0 Å². The van der Waals surface area contributed by atoms with Crippen LogP contribution in [0, 0.1) is 23.0 Å². The predicted molar refractivity (Wildman–Crippen MR) is 138 cm³/mol. The number of carbonyl (C=O) groups excluding carboxylic acids is 1. The summed E-state index contributed by atoms with van der Waals surface area (Å²) in [5, 5.41) is 19.9. The molecule has 1 aliphatic heterocycles. The van der Waals surface area contributed by atoms with Crippen molar-refractivity contribution in [2.75, 3.05) is 13.1 Å². The number of aromatic nitrogens is 1.